The summed E-state index contributed by atoms with van der Waals surface area (Å²) in [5, 5.41) is 2.14. The van der Waals surface area contributed by atoms with Crippen molar-refractivity contribution in [3.63, 3.8) is 0 Å². The zero-order valence-corrected chi connectivity index (χ0v) is 11.9. The van der Waals surface area contributed by atoms with Crippen molar-refractivity contribution in [2.24, 2.45) is 5.73 Å². The van der Waals surface area contributed by atoms with Crippen LogP contribution < -0.4 is 5.73 Å². The monoisotopic (exact) mass is 262 g/mol. The molecule has 0 saturated carbocycles. The largest absolute Gasteiger partial charge is 0.320 e. The highest BCUT2D eigenvalue weighted by Crippen LogP contribution is 2.25. The topological polar surface area (TPSA) is 29.3 Å². The number of nitrogens with two attached hydrogens (primary N) is 1. The Kier molecular flexibility index (Phi) is 5.25. The molecule has 1 fully saturated rings. The molecule has 0 aliphatic carbocycles. The fourth-order valence-electron chi connectivity index (χ4n) is 2.64. The number of hydrogen-bond acceptors (Lipinski definition) is 3. The van der Waals surface area contributed by atoms with Crippen LogP contribution in [0.15, 0.2) is 11.4 Å². The van der Waals surface area contributed by atoms with Crippen LogP contribution in [0.2, 0.25) is 0 Å². The van der Waals surface area contributed by atoms with Crippen molar-refractivity contribution < 1.29 is 0 Å². The highest BCUT2D eigenvalue weighted by Gasteiger charge is 2.21. The Labute approximate surface area is 114 Å². The number of likely N-dealkylation sites (tertiary alicyclic amines) is 1. The predicted octanol–water partition coefficient (Wildman–Crippen LogP) is 2.82. The summed E-state index contributed by atoms with van der Waals surface area (Å²) in [4.78, 5) is 4.03. The van der Waals surface area contributed by atoms with Gasteiger partial charge in [-0.15, -0.1) is 11.3 Å². The first-order valence-electron chi connectivity index (χ1n) is 6.84. The van der Waals surface area contributed by atoms with Crippen LogP contribution in [-0.2, 0) is 6.54 Å². The minimum Gasteiger partial charge on any atom is -0.320 e. The maximum Gasteiger partial charge on any atom is 0.0555 e. The second-order valence-electron chi connectivity index (χ2n) is 4.79. The average molecular weight is 262 g/mol. The molecule has 1 atom stereocenters. The van der Waals surface area contributed by atoms with Crippen molar-refractivity contribution >= 4 is 11.3 Å². The van der Waals surface area contributed by atoms with Gasteiger partial charge < -0.3 is 5.73 Å². The smallest absolute Gasteiger partial charge is 0.0555 e. The summed E-state index contributed by atoms with van der Waals surface area (Å²) in [7, 11) is 0. The number of hydrogen-bond donors (Lipinski definition) is 1. The molecule has 1 unspecified atom stereocenters. The van der Waals surface area contributed by atoms with Crippen molar-refractivity contribution in [2.45, 2.75) is 45.2 Å². The van der Waals surface area contributed by atoms with Gasteiger partial charge in [0.25, 0.3) is 0 Å². The van der Waals surface area contributed by atoms with Gasteiger partial charge in [-0.25, -0.2) is 0 Å². The van der Waals surface area contributed by atoms with Gasteiger partial charge in [-0.05, 0) is 37.3 Å². The van der Waals surface area contributed by atoms with Crippen LogP contribution in [-0.4, -0.2) is 24.0 Å². The summed E-state index contributed by atoms with van der Waals surface area (Å²) >= 11 is 1.82. The second kappa shape index (κ2) is 6.94. The Hall–Kier alpha value is -0.820. The van der Waals surface area contributed by atoms with Crippen molar-refractivity contribution in [1.82, 2.24) is 4.90 Å². The van der Waals surface area contributed by atoms with Crippen LogP contribution >= 0.6 is 11.3 Å². The number of piperidine rings is 1. The first-order valence-corrected chi connectivity index (χ1v) is 7.72. The van der Waals surface area contributed by atoms with Crippen LogP contribution in [0, 0.1) is 11.8 Å². The van der Waals surface area contributed by atoms with Gasteiger partial charge >= 0.3 is 0 Å². The lowest BCUT2D eigenvalue weighted by Crippen LogP contribution is -2.38. The summed E-state index contributed by atoms with van der Waals surface area (Å²) in [5.41, 5.74) is 6.61. The minimum atomic E-state index is 0.441. The average Bonchev–Trinajstić information content (AvgIpc) is 2.84. The molecule has 2 rings (SSSR count). The van der Waals surface area contributed by atoms with Gasteiger partial charge in [0, 0.05) is 23.0 Å². The lowest BCUT2D eigenvalue weighted by atomic mass is 10.00. The van der Waals surface area contributed by atoms with E-state index in [1.165, 1.54) is 42.7 Å². The second-order valence-corrected chi connectivity index (χ2v) is 5.79. The highest BCUT2D eigenvalue weighted by atomic mass is 32.1. The number of thiophene rings is 1. The molecule has 1 aliphatic rings. The third-order valence-corrected chi connectivity index (χ3v) is 4.54. The van der Waals surface area contributed by atoms with Gasteiger partial charge in [-0.2, -0.15) is 0 Å². The maximum atomic E-state index is 5.44. The number of nitrogens with zero attached hydrogens (tertiary/aromatic N) is 1. The van der Waals surface area contributed by atoms with E-state index in [1.807, 2.05) is 11.3 Å². The van der Waals surface area contributed by atoms with E-state index >= 15 is 0 Å². The van der Waals surface area contributed by atoms with Gasteiger partial charge in [-0.3, -0.25) is 4.90 Å². The van der Waals surface area contributed by atoms with Gasteiger partial charge in [0.05, 0.1) is 6.54 Å². The summed E-state index contributed by atoms with van der Waals surface area (Å²) in [5.74, 6) is 6.14. The minimum absolute atomic E-state index is 0.441. The van der Waals surface area contributed by atoms with Gasteiger partial charge in [-0.1, -0.05) is 25.2 Å². The van der Waals surface area contributed by atoms with E-state index in [4.69, 9.17) is 5.73 Å². The Balaban J connectivity index is 2.06. The normalized spacial score (nSPS) is 20.4. The predicted molar refractivity (Wildman–Crippen MR) is 78.6 cm³/mol. The Morgan fingerprint density at radius 2 is 2.39 bits per heavy atom. The maximum absolute atomic E-state index is 5.44. The molecular formula is C15H22N2S. The molecule has 0 aromatic carbocycles. The van der Waals surface area contributed by atoms with E-state index < -0.39 is 0 Å². The molecule has 18 heavy (non-hydrogen) atoms. The van der Waals surface area contributed by atoms with Crippen molar-refractivity contribution in [1.29, 1.82) is 0 Å². The quantitative estimate of drug-likeness (QED) is 0.849. The zero-order chi connectivity index (χ0) is 12.8. The van der Waals surface area contributed by atoms with Crippen molar-refractivity contribution in [2.75, 3.05) is 13.1 Å². The van der Waals surface area contributed by atoms with E-state index in [-0.39, 0.29) is 0 Å². The summed E-state index contributed by atoms with van der Waals surface area (Å²) in [6, 6.07) is 2.88. The Bertz CT molecular complexity index is 427. The molecule has 0 spiro atoms. The van der Waals surface area contributed by atoms with Gasteiger partial charge in [0.15, 0.2) is 0 Å². The summed E-state index contributed by atoms with van der Waals surface area (Å²) < 4.78 is 0. The molecule has 1 aliphatic heterocycles. The molecule has 1 aromatic rings. The van der Waals surface area contributed by atoms with Crippen LogP contribution in [0.3, 0.4) is 0 Å². The first-order chi connectivity index (χ1) is 8.85. The molecule has 1 saturated heterocycles. The third kappa shape index (κ3) is 3.35. The van der Waals surface area contributed by atoms with Gasteiger partial charge in [0.2, 0.25) is 0 Å². The standard InChI is InChI=1S/C15H22N2S/c1-2-14-7-3-4-10-17(14)12-15-13(6-5-9-16)8-11-18-15/h8,11,14H,2-4,7,9-10,12,16H2,1H3. The molecule has 1 aromatic heterocycles. The lowest BCUT2D eigenvalue weighted by Gasteiger charge is -2.34. The van der Waals surface area contributed by atoms with E-state index in [1.54, 1.807) is 0 Å². The Morgan fingerprint density at radius 3 is 3.17 bits per heavy atom. The number of rotatable bonds is 3. The van der Waals surface area contributed by atoms with Crippen molar-refractivity contribution in [3.8, 4) is 11.8 Å². The molecular weight excluding hydrogens is 240 g/mol. The van der Waals surface area contributed by atoms with E-state index in [0.717, 1.165) is 12.6 Å². The highest BCUT2D eigenvalue weighted by molar-refractivity contribution is 7.10. The van der Waals surface area contributed by atoms with Crippen molar-refractivity contribution in [3.05, 3.63) is 21.9 Å². The van der Waals surface area contributed by atoms with Crippen LogP contribution in [0.4, 0.5) is 0 Å². The molecule has 2 nitrogen and oxygen atoms in total. The Morgan fingerprint density at radius 1 is 1.50 bits per heavy atom. The first kappa shape index (κ1) is 13.6. The molecule has 0 bridgehead atoms. The lowest BCUT2D eigenvalue weighted by molar-refractivity contribution is 0.137. The van der Waals surface area contributed by atoms with Crippen LogP contribution in [0.1, 0.15) is 43.0 Å². The van der Waals surface area contributed by atoms with Crippen LogP contribution in [0.5, 0.6) is 0 Å². The van der Waals surface area contributed by atoms with E-state index in [9.17, 15) is 0 Å². The van der Waals surface area contributed by atoms with E-state index in [2.05, 4.69) is 35.1 Å². The van der Waals surface area contributed by atoms with E-state index in [0.29, 0.717) is 6.54 Å². The molecule has 2 N–H and O–H groups in total. The zero-order valence-electron chi connectivity index (χ0n) is 11.1. The summed E-state index contributed by atoms with van der Waals surface area (Å²) in [6.45, 7) is 5.04. The molecule has 0 radical (unpaired) electrons. The third-order valence-electron chi connectivity index (χ3n) is 3.64. The molecule has 0 amide bonds. The van der Waals surface area contributed by atoms with Crippen LogP contribution in [0.25, 0.3) is 0 Å². The molecule has 2 heterocycles. The fourth-order valence-corrected chi connectivity index (χ4v) is 3.49. The fraction of sp³-hybridized carbons (Fsp3) is 0.600. The summed E-state index contributed by atoms with van der Waals surface area (Å²) in [6.07, 6.45) is 5.34. The molecule has 3 heteroatoms. The van der Waals surface area contributed by atoms with Gasteiger partial charge in [0.1, 0.15) is 0 Å². The SMILES string of the molecule is CCC1CCCCN1Cc1sccc1C#CCN. The molecule has 98 valence electrons.